The molecule has 0 atom stereocenters. The van der Waals surface area contributed by atoms with Crippen LogP contribution in [0.25, 0.3) is 0 Å². The molecule has 1 heterocycles. The molecule has 1 N–H and O–H groups in total. The lowest BCUT2D eigenvalue weighted by Crippen LogP contribution is -2.03. The van der Waals surface area contributed by atoms with Gasteiger partial charge in [0.1, 0.15) is 6.61 Å². The number of aromatic nitrogens is 1. The van der Waals surface area contributed by atoms with Crippen molar-refractivity contribution in [1.82, 2.24) is 4.98 Å². The van der Waals surface area contributed by atoms with Crippen LogP contribution in [-0.2, 0) is 6.61 Å². The van der Waals surface area contributed by atoms with Crippen LogP contribution >= 0.6 is 15.9 Å². The minimum Gasteiger partial charge on any atom is -0.490 e. The number of nitriles is 1. The van der Waals surface area contributed by atoms with Gasteiger partial charge in [-0.25, -0.2) is 4.98 Å². The Balaban J connectivity index is 1.80. The number of nitro groups is 1. The third-order valence-electron chi connectivity index (χ3n) is 4.24. The molecule has 162 valence electrons. The Kier molecular flexibility index (Phi) is 7.72. The number of anilines is 1. The van der Waals surface area contributed by atoms with Crippen molar-refractivity contribution < 1.29 is 14.4 Å². The van der Waals surface area contributed by atoms with E-state index in [1.54, 1.807) is 24.3 Å². The third kappa shape index (κ3) is 5.59. The van der Waals surface area contributed by atoms with E-state index in [2.05, 4.69) is 37.5 Å². The molecule has 0 amide bonds. The number of rotatable bonds is 9. The van der Waals surface area contributed by atoms with Crippen molar-refractivity contribution in [3.8, 4) is 17.6 Å². The van der Waals surface area contributed by atoms with Gasteiger partial charge in [-0.3, -0.25) is 15.5 Å². The van der Waals surface area contributed by atoms with Crippen LogP contribution in [0.3, 0.4) is 0 Å². The fourth-order valence-electron chi connectivity index (χ4n) is 2.73. The average Bonchev–Trinajstić information content (AvgIpc) is 2.80. The monoisotopic (exact) mass is 495 g/mol. The molecule has 0 fully saturated rings. The molecule has 0 aliphatic carbocycles. The van der Waals surface area contributed by atoms with E-state index in [9.17, 15) is 15.4 Å². The Morgan fingerprint density at radius 3 is 2.78 bits per heavy atom. The molecule has 9 nitrogen and oxygen atoms in total. The second-order valence-corrected chi connectivity index (χ2v) is 7.16. The number of hydrazone groups is 1. The summed E-state index contributed by atoms with van der Waals surface area (Å²) in [6.45, 7) is 2.47. The number of hydrogen-bond acceptors (Lipinski definition) is 8. The van der Waals surface area contributed by atoms with Gasteiger partial charge in [0.05, 0.1) is 29.4 Å². The predicted octanol–water partition coefficient (Wildman–Crippen LogP) is 5.05. The summed E-state index contributed by atoms with van der Waals surface area (Å²) in [5.74, 6) is 1.03. The zero-order valence-electron chi connectivity index (χ0n) is 17.0. The standard InChI is InChI=1S/C22H18BrN5O4/c1-2-31-20-10-17(13-26-27-22-19(28(29)30)8-5-9-25-22)18(23)11-21(20)32-14-16-7-4-3-6-15(16)12-24/h3-11,13H,2,14H2,1H3,(H,25,27)/b26-13+. The van der Waals surface area contributed by atoms with Gasteiger partial charge in [-0.2, -0.15) is 10.4 Å². The van der Waals surface area contributed by atoms with E-state index in [0.29, 0.717) is 33.7 Å². The maximum atomic E-state index is 11.1. The summed E-state index contributed by atoms with van der Waals surface area (Å²) in [7, 11) is 0. The smallest absolute Gasteiger partial charge is 0.313 e. The first-order valence-corrected chi connectivity index (χ1v) is 10.3. The molecular weight excluding hydrogens is 478 g/mol. The van der Waals surface area contributed by atoms with Crippen LogP contribution in [0.4, 0.5) is 11.5 Å². The highest BCUT2D eigenvalue weighted by Gasteiger charge is 2.14. The number of nitrogens with one attached hydrogen (secondary N) is 1. The van der Waals surface area contributed by atoms with Gasteiger partial charge in [0.25, 0.3) is 0 Å². The van der Waals surface area contributed by atoms with E-state index in [-0.39, 0.29) is 18.1 Å². The van der Waals surface area contributed by atoms with Crippen molar-refractivity contribution in [2.45, 2.75) is 13.5 Å². The Morgan fingerprint density at radius 1 is 1.25 bits per heavy atom. The lowest BCUT2D eigenvalue weighted by Gasteiger charge is -2.14. The number of hydrogen-bond donors (Lipinski definition) is 1. The van der Waals surface area contributed by atoms with Crippen LogP contribution in [0.15, 0.2) is 64.3 Å². The van der Waals surface area contributed by atoms with E-state index < -0.39 is 4.92 Å². The van der Waals surface area contributed by atoms with Gasteiger partial charge in [0, 0.05) is 27.9 Å². The molecule has 0 unspecified atom stereocenters. The van der Waals surface area contributed by atoms with Gasteiger partial charge in [-0.1, -0.05) is 18.2 Å². The topological polar surface area (TPSA) is 123 Å². The summed E-state index contributed by atoms with van der Waals surface area (Å²) in [5.41, 5.74) is 4.37. The molecule has 0 saturated heterocycles. The summed E-state index contributed by atoms with van der Waals surface area (Å²) >= 11 is 3.48. The summed E-state index contributed by atoms with van der Waals surface area (Å²) < 4.78 is 12.3. The fourth-order valence-corrected chi connectivity index (χ4v) is 3.16. The Labute approximate surface area is 192 Å². The predicted molar refractivity (Wildman–Crippen MR) is 123 cm³/mol. The van der Waals surface area contributed by atoms with E-state index >= 15 is 0 Å². The van der Waals surface area contributed by atoms with Crippen LogP contribution < -0.4 is 14.9 Å². The lowest BCUT2D eigenvalue weighted by molar-refractivity contribution is -0.384. The number of pyridine rings is 1. The molecule has 0 saturated carbocycles. The summed E-state index contributed by atoms with van der Waals surface area (Å²) in [5, 5.41) is 24.4. The minimum atomic E-state index is -0.537. The van der Waals surface area contributed by atoms with E-state index in [0.717, 1.165) is 5.56 Å². The maximum Gasteiger partial charge on any atom is 0.313 e. The first-order chi connectivity index (χ1) is 15.5. The van der Waals surface area contributed by atoms with Gasteiger partial charge in [0.15, 0.2) is 11.5 Å². The van der Waals surface area contributed by atoms with Gasteiger partial charge in [-0.15, -0.1) is 0 Å². The largest absolute Gasteiger partial charge is 0.490 e. The Hall–Kier alpha value is -3.97. The molecule has 32 heavy (non-hydrogen) atoms. The van der Waals surface area contributed by atoms with Crippen molar-refractivity contribution in [1.29, 1.82) is 5.26 Å². The number of halogens is 1. The second kappa shape index (κ2) is 10.9. The van der Waals surface area contributed by atoms with E-state index in [1.807, 2.05) is 19.1 Å². The highest BCUT2D eigenvalue weighted by Crippen LogP contribution is 2.34. The molecule has 2 aromatic carbocycles. The van der Waals surface area contributed by atoms with Crippen molar-refractivity contribution in [2.24, 2.45) is 5.10 Å². The highest BCUT2D eigenvalue weighted by atomic mass is 79.9. The van der Waals surface area contributed by atoms with Crippen LogP contribution in [0.5, 0.6) is 11.5 Å². The molecule has 1 aromatic heterocycles. The van der Waals surface area contributed by atoms with Crippen molar-refractivity contribution in [3.05, 3.63) is 86.0 Å². The molecule has 3 rings (SSSR count). The fraction of sp³-hybridized carbons (Fsp3) is 0.136. The van der Waals surface area contributed by atoms with Crippen molar-refractivity contribution in [2.75, 3.05) is 12.0 Å². The normalized spacial score (nSPS) is 10.5. The van der Waals surface area contributed by atoms with Gasteiger partial charge >= 0.3 is 5.69 Å². The molecule has 10 heteroatoms. The van der Waals surface area contributed by atoms with Crippen LogP contribution in [0.2, 0.25) is 0 Å². The third-order valence-corrected chi connectivity index (χ3v) is 4.93. The first kappa shape index (κ1) is 22.7. The average molecular weight is 496 g/mol. The van der Waals surface area contributed by atoms with Crippen LogP contribution in [0, 0.1) is 21.4 Å². The van der Waals surface area contributed by atoms with E-state index in [1.165, 1.54) is 24.5 Å². The van der Waals surface area contributed by atoms with Crippen LogP contribution in [-0.4, -0.2) is 22.7 Å². The molecule has 0 spiro atoms. The minimum absolute atomic E-state index is 0.0333. The molecule has 0 radical (unpaired) electrons. The van der Waals surface area contributed by atoms with Gasteiger partial charge < -0.3 is 9.47 Å². The Morgan fingerprint density at radius 2 is 2.03 bits per heavy atom. The summed E-state index contributed by atoms with van der Waals surface area (Å²) in [6, 6.07) is 15.6. The summed E-state index contributed by atoms with van der Waals surface area (Å²) in [6.07, 6.45) is 2.92. The SMILES string of the molecule is CCOc1cc(/C=N/Nc2ncccc2[N+](=O)[O-])c(Br)cc1OCc1ccccc1C#N. The van der Waals surface area contributed by atoms with Crippen LogP contribution in [0.1, 0.15) is 23.6 Å². The quantitative estimate of drug-likeness (QED) is 0.250. The first-order valence-electron chi connectivity index (χ1n) is 9.49. The molecular formula is C22H18BrN5O4. The molecule has 0 bridgehead atoms. The lowest BCUT2D eigenvalue weighted by atomic mass is 10.1. The van der Waals surface area contributed by atoms with Gasteiger partial charge in [0.2, 0.25) is 5.82 Å². The van der Waals surface area contributed by atoms with Gasteiger partial charge in [-0.05, 0) is 47.1 Å². The Bertz CT molecular complexity index is 1190. The number of benzene rings is 2. The molecule has 3 aromatic rings. The van der Waals surface area contributed by atoms with Crippen molar-refractivity contribution >= 4 is 33.6 Å². The zero-order valence-corrected chi connectivity index (χ0v) is 18.6. The van der Waals surface area contributed by atoms with Crippen molar-refractivity contribution in [3.63, 3.8) is 0 Å². The summed E-state index contributed by atoms with van der Waals surface area (Å²) in [4.78, 5) is 14.5. The highest BCUT2D eigenvalue weighted by molar-refractivity contribution is 9.10. The maximum absolute atomic E-state index is 11.1. The zero-order chi connectivity index (χ0) is 22.9. The molecule has 0 aliphatic heterocycles. The number of nitrogens with zero attached hydrogens (tertiary/aromatic N) is 4. The van der Waals surface area contributed by atoms with E-state index in [4.69, 9.17) is 9.47 Å². The second-order valence-electron chi connectivity index (χ2n) is 6.31. The molecule has 0 aliphatic rings. The number of ether oxygens (including phenoxy) is 2.